The average molecular weight is 353 g/mol. The first-order chi connectivity index (χ1) is 12.1. The molecule has 0 aliphatic carbocycles. The molecule has 2 N–H and O–H groups in total. The molecule has 0 aliphatic heterocycles. The van der Waals surface area contributed by atoms with Gasteiger partial charge in [0.2, 0.25) is 0 Å². The largest absolute Gasteiger partial charge is 0.496 e. The third-order valence-corrected chi connectivity index (χ3v) is 4.60. The predicted octanol–water partition coefficient (Wildman–Crippen LogP) is 5.08. The molecule has 2 aromatic carbocycles. The molecule has 0 unspecified atom stereocenters. The maximum absolute atomic E-state index is 12.1. The second-order valence-electron chi connectivity index (χ2n) is 5.55. The molecule has 5 nitrogen and oxygen atoms in total. The standard InChI is InChI=1S/C19H19N3O2S/c1-12-11-14(9-10-16(12)24-3)17-13(2)25-19(21-17)22-18(23)20-15-7-5-4-6-8-15/h4-11H,1-3H3,(H2,20,21,22,23). The van der Waals surface area contributed by atoms with E-state index in [9.17, 15) is 4.79 Å². The number of methoxy groups -OCH3 is 1. The van der Waals surface area contributed by atoms with Gasteiger partial charge in [-0.25, -0.2) is 9.78 Å². The Morgan fingerprint density at radius 3 is 2.52 bits per heavy atom. The van der Waals surface area contributed by atoms with E-state index in [0.717, 1.165) is 33.1 Å². The van der Waals surface area contributed by atoms with Gasteiger partial charge in [0.1, 0.15) is 5.75 Å². The van der Waals surface area contributed by atoms with Gasteiger partial charge in [-0.15, -0.1) is 11.3 Å². The van der Waals surface area contributed by atoms with E-state index in [0.29, 0.717) is 5.13 Å². The second-order valence-corrected chi connectivity index (χ2v) is 6.76. The number of hydrogen-bond donors (Lipinski definition) is 2. The lowest BCUT2D eigenvalue weighted by Gasteiger charge is -2.06. The van der Waals surface area contributed by atoms with Crippen molar-refractivity contribution in [2.75, 3.05) is 17.7 Å². The molecule has 3 rings (SSSR count). The average Bonchev–Trinajstić information content (AvgIpc) is 2.95. The fourth-order valence-corrected chi connectivity index (χ4v) is 3.36. The number of amides is 2. The molecule has 2 amide bonds. The van der Waals surface area contributed by atoms with Crippen molar-refractivity contribution in [3.05, 3.63) is 59.0 Å². The first-order valence-electron chi connectivity index (χ1n) is 7.82. The number of nitrogens with zero attached hydrogens (tertiary/aromatic N) is 1. The van der Waals surface area contributed by atoms with Gasteiger partial charge in [-0.1, -0.05) is 18.2 Å². The topological polar surface area (TPSA) is 63.2 Å². The van der Waals surface area contributed by atoms with Crippen molar-refractivity contribution in [3.8, 4) is 17.0 Å². The van der Waals surface area contributed by atoms with Crippen LogP contribution in [-0.4, -0.2) is 18.1 Å². The summed E-state index contributed by atoms with van der Waals surface area (Å²) in [5.74, 6) is 0.845. The van der Waals surface area contributed by atoms with Gasteiger partial charge in [0, 0.05) is 16.1 Å². The monoisotopic (exact) mass is 353 g/mol. The number of anilines is 2. The molecule has 0 radical (unpaired) electrons. The molecule has 0 fully saturated rings. The summed E-state index contributed by atoms with van der Waals surface area (Å²) in [7, 11) is 1.66. The van der Waals surface area contributed by atoms with Crippen LogP contribution in [0.25, 0.3) is 11.3 Å². The number of aromatic nitrogens is 1. The molecule has 0 bridgehead atoms. The van der Waals surface area contributed by atoms with Crippen LogP contribution in [0.2, 0.25) is 0 Å². The number of nitrogens with one attached hydrogen (secondary N) is 2. The quantitative estimate of drug-likeness (QED) is 0.687. The molecule has 128 valence electrons. The van der Waals surface area contributed by atoms with E-state index < -0.39 is 0 Å². The fourth-order valence-electron chi connectivity index (χ4n) is 2.52. The lowest BCUT2D eigenvalue weighted by Crippen LogP contribution is -2.19. The number of rotatable bonds is 4. The van der Waals surface area contributed by atoms with Gasteiger partial charge in [0.05, 0.1) is 12.8 Å². The van der Waals surface area contributed by atoms with Crippen molar-refractivity contribution >= 4 is 28.2 Å². The highest BCUT2D eigenvalue weighted by atomic mass is 32.1. The molecule has 3 aromatic rings. The summed E-state index contributed by atoms with van der Waals surface area (Å²) < 4.78 is 5.30. The zero-order valence-electron chi connectivity index (χ0n) is 14.3. The van der Waals surface area contributed by atoms with E-state index in [4.69, 9.17) is 4.74 Å². The summed E-state index contributed by atoms with van der Waals surface area (Å²) in [4.78, 5) is 17.7. The van der Waals surface area contributed by atoms with Crippen molar-refractivity contribution in [1.82, 2.24) is 4.98 Å². The Hall–Kier alpha value is -2.86. The first-order valence-corrected chi connectivity index (χ1v) is 8.64. The third-order valence-electron chi connectivity index (χ3n) is 3.72. The lowest BCUT2D eigenvalue weighted by molar-refractivity contribution is 0.262. The number of urea groups is 1. The minimum atomic E-state index is -0.308. The maximum Gasteiger partial charge on any atom is 0.325 e. The van der Waals surface area contributed by atoms with Gasteiger partial charge in [-0.05, 0) is 49.7 Å². The highest BCUT2D eigenvalue weighted by molar-refractivity contribution is 7.16. The van der Waals surface area contributed by atoms with Crippen LogP contribution in [0.15, 0.2) is 48.5 Å². The SMILES string of the molecule is COc1ccc(-c2nc(NC(=O)Nc3ccccc3)sc2C)cc1C. The van der Waals surface area contributed by atoms with E-state index in [-0.39, 0.29) is 6.03 Å². The highest BCUT2D eigenvalue weighted by Gasteiger charge is 2.13. The van der Waals surface area contributed by atoms with Crippen LogP contribution < -0.4 is 15.4 Å². The number of carbonyl (C=O) groups excluding carboxylic acids is 1. The van der Waals surface area contributed by atoms with Crippen LogP contribution in [0, 0.1) is 13.8 Å². The number of para-hydroxylation sites is 1. The maximum atomic E-state index is 12.1. The van der Waals surface area contributed by atoms with Crippen molar-refractivity contribution in [3.63, 3.8) is 0 Å². The van der Waals surface area contributed by atoms with Crippen LogP contribution >= 0.6 is 11.3 Å². The van der Waals surface area contributed by atoms with Crippen LogP contribution in [0.5, 0.6) is 5.75 Å². The van der Waals surface area contributed by atoms with Gasteiger partial charge < -0.3 is 10.1 Å². The molecule has 25 heavy (non-hydrogen) atoms. The number of ether oxygens (including phenoxy) is 1. The molecule has 1 aromatic heterocycles. The summed E-state index contributed by atoms with van der Waals surface area (Å²) in [5, 5.41) is 6.14. The Kier molecular flexibility index (Phi) is 5.00. The van der Waals surface area contributed by atoms with Crippen molar-refractivity contribution in [1.29, 1.82) is 0 Å². The van der Waals surface area contributed by atoms with E-state index in [2.05, 4.69) is 15.6 Å². The van der Waals surface area contributed by atoms with E-state index in [1.54, 1.807) is 7.11 Å². The third kappa shape index (κ3) is 3.97. The number of hydrogen-bond acceptors (Lipinski definition) is 4. The van der Waals surface area contributed by atoms with Crippen molar-refractivity contribution < 1.29 is 9.53 Å². The minimum absolute atomic E-state index is 0.308. The Morgan fingerprint density at radius 1 is 1.08 bits per heavy atom. The molecular weight excluding hydrogens is 334 g/mol. The minimum Gasteiger partial charge on any atom is -0.496 e. The molecule has 0 atom stereocenters. The second kappa shape index (κ2) is 7.36. The zero-order valence-corrected chi connectivity index (χ0v) is 15.1. The molecule has 0 saturated heterocycles. The van der Waals surface area contributed by atoms with Gasteiger partial charge >= 0.3 is 6.03 Å². The normalized spacial score (nSPS) is 10.4. The Balaban J connectivity index is 1.76. The van der Waals surface area contributed by atoms with Crippen LogP contribution in [0.3, 0.4) is 0 Å². The van der Waals surface area contributed by atoms with E-state index in [1.807, 2.05) is 62.4 Å². The van der Waals surface area contributed by atoms with E-state index in [1.165, 1.54) is 11.3 Å². The summed E-state index contributed by atoms with van der Waals surface area (Å²) in [5.41, 5.74) is 3.65. The van der Waals surface area contributed by atoms with Crippen molar-refractivity contribution in [2.45, 2.75) is 13.8 Å². The summed E-state index contributed by atoms with van der Waals surface area (Å²) in [6.07, 6.45) is 0. The number of thiazole rings is 1. The Bertz CT molecular complexity index is 891. The summed E-state index contributed by atoms with van der Waals surface area (Å²) in [6.45, 7) is 3.99. The van der Waals surface area contributed by atoms with Gasteiger partial charge in [0.15, 0.2) is 5.13 Å². The van der Waals surface area contributed by atoms with Gasteiger partial charge in [-0.2, -0.15) is 0 Å². The number of aryl methyl sites for hydroxylation is 2. The number of carbonyl (C=O) groups is 1. The lowest BCUT2D eigenvalue weighted by atomic mass is 10.1. The number of benzene rings is 2. The molecule has 0 saturated carbocycles. The molecule has 0 aliphatic rings. The first kappa shape index (κ1) is 17.0. The van der Waals surface area contributed by atoms with E-state index >= 15 is 0 Å². The van der Waals surface area contributed by atoms with Gasteiger partial charge in [-0.3, -0.25) is 5.32 Å². The molecule has 1 heterocycles. The van der Waals surface area contributed by atoms with Crippen LogP contribution in [-0.2, 0) is 0 Å². The summed E-state index contributed by atoms with van der Waals surface area (Å²) in [6, 6.07) is 14.9. The molecular formula is C19H19N3O2S. The van der Waals surface area contributed by atoms with Gasteiger partial charge in [0.25, 0.3) is 0 Å². The Labute approximate surface area is 150 Å². The molecule has 0 spiro atoms. The summed E-state index contributed by atoms with van der Waals surface area (Å²) >= 11 is 1.45. The highest BCUT2D eigenvalue weighted by Crippen LogP contribution is 2.32. The van der Waals surface area contributed by atoms with Crippen LogP contribution in [0.1, 0.15) is 10.4 Å². The smallest absolute Gasteiger partial charge is 0.325 e. The predicted molar refractivity (Wildman–Crippen MR) is 103 cm³/mol. The zero-order chi connectivity index (χ0) is 17.8. The molecule has 6 heteroatoms. The fraction of sp³-hybridized carbons (Fsp3) is 0.158. The Morgan fingerprint density at radius 2 is 1.84 bits per heavy atom. The van der Waals surface area contributed by atoms with Crippen molar-refractivity contribution in [2.24, 2.45) is 0 Å². The van der Waals surface area contributed by atoms with Crippen LogP contribution in [0.4, 0.5) is 15.6 Å².